The highest BCUT2D eigenvalue weighted by molar-refractivity contribution is 5.20. The van der Waals surface area contributed by atoms with E-state index in [9.17, 15) is 10.2 Å². The predicted molar refractivity (Wildman–Crippen MR) is 53.5 cm³/mol. The minimum atomic E-state index is -1.41. The molecule has 80 valence electrons. The lowest BCUT2D eigenvalue weighted by Gasteiger charge is -2.40. The first kappa shape index (κ1) is 11.5. The zero-order valence-electron chi connectivity index (χ0n) is 8.58. The maximum absolute atomic E-state index is 10.2. The van der Waals surface area contributed by atoms with Gasteiger partial charge in [0.1, 0.15) is 12.2 Å². The van der Waals surface area contributed by atoms with Gasteiger partial charge in [-0.25, -0.2) is 0 Å². The van der Waals surface area contributed by atoms with E-state index in [0.29, 0.717) is 12.8 Å². The molecule has 1 saturated carbocycles. The zero-order chi connectivity index (χ0) is 10.7. The van der Waals surface area contributed by atoms with Crippen LogP contribution in [0.5, 0.6) is 0 Å². The first-order valence-electron chi connectivity index (χ1n) is 5.07. The number of aliphatic hydroxyl groups excluding tert-OH is 1. The molecule has 0 saturated heterocycles. The summed E-state index contributed by atoms with van der Waals surface area (Å²) in [5, 5.41) is 28.7. The average molecular weight is 198 g/mol. The third-order valence-corrected chi connectivity index (χ3v) is 3.00. The molecule has 3 heteroatoms. The van der Waals surface area contributed by atoms with Gasteiger partial charge in [-0.05, 0) is 19.8 Å². The Kier molecular flexibility index (Phi) is 3.54. The van der Waals surface area contributed by atoms with Gasteiger partial charge in [-0.15, -0.1) is 0 Å². The number of aliphatic hydroxyl groups is 3. The summed E-state index contributed by atoms with van der Waals surface area (Å²) in [6.45, 7) is 1.23. The number of rotatable bonds is 1. The highest BCUT2D eigenvalue weighted by Gasteiger charge is 2.45. The van der Waals surface area contributed by atoms with Crippen molar-refractivity contribution in [2.45, 2.75) is 50.2 Å². The molecule has 3 nitrogen and oxygen atoms in total. The summed E-state index contributed by atoms with van der Waals surface area (Å²) in [5.74, 6) is 4.93. The van der Waals surface area contributed by atoms with Crippen LogP contribution in [0.25, 0.3) is 0 Å². The van der Waals surface area contributed by atoms with E-state index in [1.54, 1.807) is 0 Å². The SMILES string of the molecule is CC(O)(C#CCO)C1(O)CCCCC1. The first-order valence-corrected chi connectivity index (χ1v) is 5.07. The Morgan fingerprint density at radius 2 is 1.86 bits per heavy atom. The first-order chi connectivity index (χ1) is 6.52. The lowest BCUT2D eigenvalue weighted by Crippen LogP contribution is -2.52. The van der Waals surface area contributed by atoms with Crippen LogP contribution >= 0.6 is 0 Å². The van der Waals surface area contributed by atoms with Crippen LogP contribution in [-0.2, 0) is 0 Å². The summed E-state index contributed by atoms with van der Waals surface area (Å²) < 4.78 is 0. The van der Waals surface area contributed by atoms with Crippen LogP contribution < -0.4 is 0 Å². The fourth-order valence-corrected chi connectivity index (χ4v) is 1.95. The largest absolute Gasteiger partial charge is 0.386 e. The quantitative estimate of drug-likeness (QED) is 0.535. The van der Waals surface area contributed by atoms with Gasteiger partial charge in [0.2, 0.25) is 0 Å². The van der Waals surface area contributed by atoms with Gasteiger partial charge in [-0.2, -0.15) is 0 Å². The Bertz CT molecular complexity index is 241. The molecule has 0 amide bonds. The summed E-state index contributed by atoms with van der Waals surface area (Å²) in [6, 6.07) is 0. The Morgan fingerprint density at radius 3 is 2.36 bits per heavy atom. The van der Waals surface area contributed by atoms with E-state index in [2.05, 4.69) is 11.8 Å². The number of hydrogen-bond acceptors (Lipinski definition) is 3. The van der Waals surface area contributed by atoms with Gasteiger partial charge in [0.25, 0.3) is 0 Å². The van der Waals surface area contributed by atoms with Crippen LogP contribution in [-0.4, -0.2) is 33.1 Å². The highest BCUT2D eigenvalue weighted by atomic mass is 16.4. The monoisotopic (exact) mass is 198 g/mol. The lowest BCUT2D eigenvalue weighted by atomic mass is 9.74. The Hall–Kier alpha value is -0.560. The van der Waals surface area contributed by atoms with E-state index >= 15 is 0 Å². The lowest BCUT2D eigenvalue weighted by molar-refractivity contribution is -0.127. The van der Waals surface area contributed by atoms with Crippen molar-refractivity contribution < 1.29 is 15.3 Å². The maximum atomic E-state index is 10.2. The van der Waals surface area contributed by atoms with Crippen molar-refractivity contribution in [3.8, 4) is 11.8 Å². The summed E-state index contributed by atoms with van der Waals surface area (Å²) in [5.41, 5.74) is -2.51. The summed E-state index contributed by atoms with van der Waals surface area (Å²) in [4.78, 5) is 0. The van der Waals surface area contributed by atoms with Crippen molar-refractivity contribution in [3.63, 3.8) is 0 Å². The minimum absolute atomic E-state index is 0.285. The second-order valence-corrected chi connectivity index (χ2v) is 4.12. The van der Waals surface area contributed by atoms with Crippen LogP contribution in [0.3, 0.4) is 0 Å². The molecule has 1 unspecified atom stereocenters. The second-order valence-electron chi connectivity index (χ2n) is 4.12. The molecule has 0 radical (unpaired) electrons. The Morgan fingerprint density at radius 1 is 1.29 bits per heavy atom. The summed E-state index contributed by atoms with van der Waals surface area (Å²) >= 11 is 0. The van der Waals surface area contributed by atoms with E-state index in [1.807, 2.05) is 0 Å². The molecule has 1 aliphatic carbocycles. The smallest absolute Gasteiger partial charge is 0.151 e. The van der Waals surface area contributed by atoms with Crippen LogP contribution in [0.15, 0.2) is 0 Å². The third-order valence-electron chi connectivity index (χ3n) is 3.00. The van der Waals surface area contributed by atoms with Crippen molar-refractivity contribution >= 4 is 0 Å². The molecular weight excluding hydrogens is 180 g/mol. The molecular formula is C11H18O3. The van der Waals surface area contributed by atoms with Crippen molar-refractivity contribution in [3.05, 3.63) is 0 Å². The van der Waals surface area contributed by atoms with Crippen molar-refractivity contribution in [1.29, 1.82) is 0 Å². The van der Waals surface area contributed by atoms with Crippen molar-refractivity contribution in [1.82, 2.24) is 0 Å². The van der Waals surface area contributed by atoms with E-state index in [-0.39, 0.29) is 6.61 Å². The zero-order valence-corrected chi connectivity index (χ0v) is 8.58. The van der Waals surface area contributed by atoms with Crippen LogP contribution in [0.2, 0.25) is 0 Å². The fourth-order valence-electron chi connectivity index (χ4n) is 1.95. The molecule has 1 fully saturated rings. The molecule has 3 N–H and O–H groups in total. The van der Waals surface area contributed by atoms with E-state index in [1.165, 1.54) is 6.92 Å². The molecule has 14 heavy (non-hydrogen) atoms. The molecule has 1 atom stereocenters. The van der Waals surface area contributed by atoms with Gasteiger partial charge < -0.3 is 15.3 Å². The average Bonchev–Trinajstić information content (AvgIpc) is 2.16. The summed E-state index contributed by atoms with van der Waals surface area (Å²) in [6.07, 6.45) is 4.12. The van der Waals surface area contributed by atoms with Crippen LogP contribution in [0.1, 0.15) is 39.0 Å². The maximum Gasteiger partial charge on any atom is 0.151 e. The van der Waals surface area contributed by atoms with Crippen LogP contribution in [0.4, 0.5) is 0 Å². The molecule has 0 heterocycles. The molecule has 1 aliphatic rings. The van der Waals surface area contributed by atoms with E-state index in [4.69, 9.17) is 5.11 Å². The van der Waals surface area contributed by atoms with E-state index < -0.39 is 11.2 Å². The van der Waals surface area contributed by atoms with Gasteiger partial charge >= 0.3 is 0 Å². The fraction of sp³-hybridized carbons (Fsp3) is 0.818. The molecule has 0 aromatic carbocycles. The normalized spacial score (nSPS) is 24.6. The topological polar surface area (TPSA) is 60.7 Å². The van der Waals surface area contributed by atoms with Crippen LogP contribution in [0, 0.1) is 11.8 Å². The molecule has 0 bridgehead atoms. The number of hydrogen-bond donors (Lipinski definition) is 3. The predicted octanol–water partition coefficient (Wildman–Crippen LogP) is 0.428. The Balaban J connectivity index is 2.77. The second kappa shape index (κ2) is 4.31. The van der Waals surface area contributed by atoms with Gasteiger partial charge in [-0.1, -0.05) is 31.1 Å². The molecule has 0 aromatic heterocycles. The minimum Gasteiger partial charge on any atom is -0.386 e. The van der Waals surface area contributed by atoms with E-state index in [0.717, 1.165) is 19.3 Å². The molecule has 0 aromatic rings. The highest BCUT2D eigenvalue weighted by Crippen LogP contribution is 2.36. The van der Waals surface area contributed by atoms with Gasteiger partial charge in [-0.3, -0.25) is 0 Å². The van der Waals surface area contributed by atoms with Gasteiger partial charge in [0.05, 0.1) is 0 Å². The summed E-state index contributed by atoms with van der Waals surface area (Å²) in [7, 11) is 0. The van der Waals surface area contributed by atoms with Gasteiger partial charge in [0.15, 0.2) is 5.60 Å². The van der Waals surface area contributed by atoms with Crippen molar-refractivity contribution in [2.24, 2.45) is 0 Å². The van der Waals surface area contributed by atoms with Crippen molar-refractivity contribution in [2.75, 3.05) is 6.61 Å². The standard InChI is InChI=1S/C11H18O3/c1-10(13,6-5-9-12)11(14)7-3-2-4-8-11/h12-14H,2-4,7-9H2,1H3. The molecule has 0 spiro atoms. The van der Waals surface area contributed by atoms with Gasteiger partial charge in [0, 0.05) is 0 Å². The molecule has 1 rings (SSSR count). The molecule has 0 aliphatic heterocycles. The Labute approximate surface area is 84.8 Å². The third kappa shape index (κ3) is 2.27.